The summed E-state index contributed by atoms with van der Waals surface area (Å²) in [5.74, 6) is 0.818. The van der Waals surface area contributed by atoms with E-state index in [1.54, 1.807) is 19.1 Å². The summed E-state index contributed by atoms with van der Waals surface area (Å²) in [7, 11) is 3.42. The molecule has 0 radical (unpaired) electrons. The molecule has 1 saturated heterocycles. The first-order valence-electron chi connectivity index (χ1n) is 6.41. The monoisotopic (exact) mass is 264 g/mol. The average Bonchev–Trinajstić information content (AvgIpc) is 2.92. The molecular formula is C14H20N2O3. The van der Waals surface area contributed by atoms with Crippen molar-refractivity contribution in [2.24, 2.45) is 0 Å². The molecule has 19 heavy (non-hydrogen) atoms. The van der Waals surface area contributed by atoms with Crippen molar-refractivity contribution in [1.82, 2.24) is 10.2 Å². The second-order valence-electron chi connectivity index (χ2n) is 4.71. The largest absolute Gasteiger partial charge is 0.497 e. The van der Waals surface area contributed by atoms with E-state index in [4.69, 9.17) is 9.47 Å². The lowest BCUT2D eigenvalue weighted by atomic mass is 10.2. The molecule has 1 heterocycles. The number of nitrogens with one attached hydrogen (secondary N) is 1. The number of methoxy groups -OCH3 is 1. The lowest BCUT2D eigenvalue weighted by Crippen LogP contribution is -2.43. The number of hydrogen-bond acceptors (Lipinski definition) is 3. The third-order valence-corrected chi connectivity index (χ3v) is 3.18. The van der Waals surface area contributed by atoms with Crippen LogP contribution in [-0.2, 0) is 11.3 Å². The molecule has 0 spiro atoms. The van der Waals surface area contributed by atoms with E-state index in [-0.39, 0.29) is 12.1 Å². The Morgan fingerprint density at radius 1 is 1.47 bits per heavy atom. The van der Waals surface area contributed by atoms with Gasteiger partial charge in [-0.1, -0.05) is 12.1 Å². The van der Waals surface area contributed by atoms with E-state index in [1.807, 2.05) is 24.3 Å². The van der Waals surface area contributed by atoms with Crippen LogP contribution in [-0.4, -0.2) is 44.3 Å². The van der Waals surface area contributed by atoms with Crippen LogP contribution in [0, 0.1) is 0 Å². The first kappa shape index (κ1) is 13.7. The van der Waals surface area contributed by atoms with Gasteiger partial charge < -0.3 is 19.7 Å². The topological polar surface area (TPSA) is 50.8 Å². The molecule has 2 rings (SSSR count). The molecule has 0 saturated carbocycles. The van der Waals surface area contributed by atoms with E-state index in [0.717, 1.165) is 24.3 Å². The highest BCUT2D eigenvalue weighted by molar-refractivity contribution is 5.74. The van der Waals surface area contributed by atoms with Crippen molar-refractivity contribution < 1.29 is 14.3 Å². The Bertz CT molecular complexity index is 413. The molecule has 5 nitrogen and oxygen atoms in total. The predicted molar refractivity (Wildman–Crippen MR) is 72.2 cm³/mol. The second kappa shape index (κ2) is 6.43. The fourth-order valence-corrected chi connectivity index (χ4v) is 2.01. The molecule has 1 aromatic carbocycles. The van der Waals surface area contributed by atoms with Crippen LogP contribution in [0.1, 0.15) is 12.0 Å². The van der Waals surface area contributed by atoms with Gasteiger partial charge in [-0.25, -0.2) is 4.79 Å². The van der Waals surface area contributed by atoms with Gasteiger partial charge in [0.25, 0.3) is 0 Å². The number of hydrogen-bond donors (Lipinski definition) is 1. The van der Waals surface area contributed by atoms with Crippen molar-refractivity contribution in [3.63, 3.8) is 0 Å². The summed E-state index contributed by atoms with van der Waals surface area (Å²) < 4.78 is 10.3. The zero-order valence-corrected chi connectivity index (χ0v) is 11.4. The highest BCUT2D eigenvalue weighted by Gasteiger charge is 2.19. The van der Waals surface area contributed by atoms with Gasteiger partial charge in [-0.3, -0.25) is 0 Å². The van der Waals surface area contributed by atoms with E-state index < -0.39 is 0 Å². The molecule has 1 aromatic rings. The molecule has 0 bridgehead atoms. The van der Waals surface area contributed by atoms with Gasteiger partial charge in [-0.2, -0.15) is 0 Å². The molecule has 104 valence electrons. The molecule has 1 fully saturated rings. The average molecular weight is 264 g/mol. The van der Waals surface area contributed by atoms with E-state index in [9.17, 15) is 4.79 Å². The molecule has 1 aliphatic heterocycles. The number of urea groups is 1. The third-order valence-electron chi connectivity index (χ3n) is 3.18. The minimum atomic E-state index is -0.0636. The van der Waals surface area contributed by atoms with Gasteiger partial charge in [-0.15, -0.1) is 0 Å². The Morgan fingerprint density at radius 3 is 2.79 bits per heavy atom. The first-order chi connectivity index (χ1) is 9.19. The van der Waals surface area contributed by atoms with Crippen LogP contribution in [0.15, 0.2) is 24.3 Å². The van der Waals surface area contributed by atoms with E-state index in [0.29, 0.717) is 13.2 Å². The Hall–Kier alpha value is -1.75. The maximum atomic E-state index is 12.0. The van der Waals surface area contributed by atoms with Gasteiger partial charge >= 0.3 is 6.03 Å². The maximum absolute atomic E-state index is 12.0. The summed E-state index contributed by atoms with van der Waals surface area (Å²) in [6, 6.07) is 7.79. The number of benzene rings is 1. The summed E-state index contributed by atoms with van der Waals surface area (Å²) in [4.78, 5) is 13.6. The van der Waals surface area contributed by atoms with Crippen molar-refractivity contribution in [2.45, 2.75) is 19.0 Å². The van der Waals surface area contributed by atoms with E-state index in [2.05, 4.69) is 5.32 Å². The minimum absolute atomic E-state index is 0.0636. The zero-order chi connectivity index (χ0) is 13.7. The minimum Gasteiger partial charge on any atom is -0.497 e. The van der Waals surface area contributed by atoms with Crippen LogP contribution in [0.25, 0.3) is 0 Å². The number of amides is 2. The SMILES string of the molecule is COc1ccc(CN(C)C(=O)NC2CCOC2)cc1. The Kier molecular flexibility index (Phi) is 4.63. The van der Waals surface area contributed by atoms with Gasteiger partial charge in [0.15, 0.2) is 0 Å². The highest BCUT2D eigenvalue weighted by Crippen LogP contribution is 2.12. The fourth-order valence-electron chi connectivity index (χ4n) is 2.01. The van der Waals surface area contributed by atoms with Crippen molar-refractivity contribution in [2.75, 3.05) is 27.4 Å². The smallest absolute Gasteiger partial charge is 0.317 e. The lowest BCUT2D eigenvalue weighted by Gasteiger charge is -2.20. The van der Waals surface area contributed by atoms with Crippen molar-refractivity contribution >= 4 is 6.03 Å². The Labute approximate surface area is 113 Å². The van der Waals surface area contributed by atoms with E-state index in [1.165, 1.54) is 0 Å². The van der Waals surface area contributed by atoms with Gasteiger partial charge in [0.2, 0.25) is 0 Å². The number of nitrogens with zero attached hydrogens (tertiary/aromatic N) is 1. The van der Waals surface area contributed by atoms with Crippen molar-refractivity contribution in [3.05, 3.63) is 29.8 Å². The molecule has 1 aliphatic rings. The van der Waals surface area contributed by atoms with Gasteiger partial charge in [0, 0.05) is 20.2 Å². The van der Waals surface area contributed by atoms with E-state index >= 15 is 0 Å². The highest BCUT2D eigenvalue weighted by atomic mass is 16.5. The summed E-state index contributed by atoms with van der Waals surface area (Å²) in [5, 5.41) is 2.96. The molecule has 1 atom stereocenters. The molecular weight excluding hydrogens is 244 g/mol. The summed E-state index contributed by atoms with van der Waals surface area (Å²) in [5.41, 5.74) is 1.07. The lowest BCUT2D eigenvalue weighted by molar-refractivity contribution is 0.181. The maximum Gasteiger partial charge on any atom is 0.317 e. The third kappa shape index (κ3) is 3.86. The van der Waals surface area contributed by atoms with Crippen LogP contribution < -0.4 is 10.1 Å². The molecule has 2 amide bonds. The van der Waals surface area contributed by atoms with Crippen LogP contribution in [0.4, 0.5) is 4.79 Å². The standard InChI is InChI=1S/C14H20N2O3/c1-16(14(17)15-12-7-8-19-10-12)9-11-3-5-13(18-2)6-4-11/h3-6,12H,7-10H2,1-2H3,(H,15,17). The number of carbonyl (C=O) groups is 1. The number of carbonyl (C=O) groups excluding carboxylic acids is 1. The van der Waals surface area contributed by atoms with Crippen LogP contribution >= 0.6 is 0 Å². The van der Waals surface area contributed by atoms with Crippen LogP contribution in [0.3, 0.4) is 0 Å². The molecule has 1 unspecified atom stereocenters. The van der Waals surface area contributed by atoms with Crippen LogP contribution in [0.2, 0.25) is 0 Å². The number of ether oxygens (including phenoxy) is 2. The second-order valence-corrected chi connectivity index (χ2v) is 4.71. The predicted octanol–water partition coefficient (Wildman–Crippen LogP) is 1.63. The first-order valence-corrected chi connectivity index (χ1v) is 6.41. The normalized spacial score (nSPS) is 18.1. The summed E-state index contributed by atoms with van der Waals surface area (Å²) in [6.45, 7) is 1.92. The molecule has 0 aliphatic carbocycles. The van der Waals surface area contributed by atoms with Gasteiger partial charge in [0.1, 0.15) is 5.75 Å². The molecule has 0 aromatic heterocycles. The van der Waals surface area contributed by atoms with Crippen molar-refractivity contribution in [1.29, 1.82) is 0 Å². The molecule has 1 N–H and O–H groups in total. The zero-order valence-electron chi connectivity index (χ0n) is 11.4. The van der Waals surface area contributed by atoms with Gasteiger partial charge in [0.05, 0.1) is 19.8 Å². The Morgan fingerprint density at radius 2 is 2.21 bits per heavy atom. The quantitative estimate of drug-likeness (QED) is 0.899. The Balaban J connectivity index is 1.84. The molecule has 5 heteroatoms. The fraction of sp³-hybridized carbons (Fsp3) is 0.500. The van der Waals surface area contributed by atoms with Crippen LogP contribution in [0.5, 0.6) is 5.75 Å². The summed E-state index contributed by atoms with van der Waals surface area (Å²) in [6.07, 6.45) is 0.891. The van der Waals surface area contributed by atoms with Crippen molar-refractivity contribution in [3.8, 4) is 5.75 Å². The summed E-state index contributed by atoms with van der Waals surface area (Å²) >= 11 is 0. The number of rotatable bonds is 4. The van der Waals surface area contributed by atoms with Gasteiger partial charge in [-0.05, 0) is 24.1 Å².